The van der Waals surface area contributed by atoms with Gasteiger partial charge >= 0.3 is 6.03 Å². The van der Waals surface area contributed by atoms with Crippen molar-refractivity contribution < 1.29 is 27.1 Å². The lowest BCUT2D eigenvalue weighted by atomic mass is 9.84. The normalized spacial score (nSPS) is 14.2. The Morgan fingerprint density at radius 2 is 1.85 bits per heavy atom. The van der Waals surface area contributed by atoms with Crippen LogP contribution in [0, 0.1) is 17.7 Å². The fourth-order valence-electron chi connectivity index (χ4n) is 3.46. The number of anilines is 2. The maximum Gasteiger partial charge on any atom is 0.328 e. The monoisotopic (exact) mass is 487 g/mol. The molecule has 1 fully saturated rings. The van der Waals surface area contributed by atoms with E-state index >= 15 is 0 Å². The third-order valence-electron chi connectivity index (χ3n) is 5.06. The van der Waals surface area contributed by atoms with Gasteiger partial charge in [0.2, 0.25) is 15.9 Å². The van der Waals surface area contributed by atoms with Gasteiger partial charge in [0.15, 0.2) is 0 Å². The number of methoxy groups -OCH3 is 1. The van der Waals surface area contributed by atoms with E-state index < -0.39 is 21.9 Å². The minimum absolute atomic E-state index is 0.173. The van der Waals surface area contributed by atoms with Gasteiger partial charge in [-0.1, -0.05) is 32.6 Å². The SMILES string of the molecule is COc1c(C#Cc2ccc(NS(C)(=O)=O)c(F)c2)cc(N2CCC(=O)NC2=O)cc1C(C)(C)C. The van der Waals surface area contributed by atoms with Gasteiger partial charge in [-0.25, -0.2) is 17.6 Å². The van der Waals surface area contributed by atoms with Crippen LogP contribution in [0.3, 0.4) is 0 Å². The van der Waals surface area contributed by atoms with E-state index in [9.17, 15) is 22.4 Å². The molecule has 0 aromatic heterocycles. The lowest BCUT2D eigenvalue weighted by Crippen LogP contribution is -2.49. The molecule has 3 rings (SSSR count). The van der Waals surface area contributed by atoms with Crippen molar-refractivity contribution in [1.29, 1.82) is 0 Å². The molecule has 2 N–H and O–H groups in total. The molecule has 3 amide bonds. The highest BCUT2D eigenvalue weighted by Gasteiger charge is 2.28. The molecule has 1 saturated heterocycles. The van der Waals surface area contributed by atoms with E-state index in [2.05, 4.69) is 21.9 Å². The van der Waals surface area contributed by atoms with Gasteiger partial charge in [0.25, 0.3) is 0 Å². The number of amides is 3. The average molecular weight is 488 g/mol. The van der Waals surface area contributed by atoms with E-state index in [-0.39, 0.29) is 30.0 Å². The number of rotatable bonds is 4. The average Bonchev–Trinajstić information content (AvgIpc) is 2.72. The maximum absolute atomic E-state index is 14.4. The minimum Gasteiger partial charge on any atom is -0.495 e. The summed E-state index contributed by atoms with van der Waals surface area (Å²) in [4.78, 5) is 25.4. The molecule has 1 heterocycles. The second-order valence-electron chi connectivity index (χ2n) is 8.90. The molecule has 8 nitrogen and oxygen atoms in total. The number of nitrogens with zero attached hydrogens (tertiary/aromatic N) is 1. The van der Waals surface area contributed by atoms with E-state index in [4.69, 9.17) is 4.74 Å². The van der Waals surface area contributed by atoms with Crippen LogP contribution >= 0.6 is 0 Å². The molecule has 180 valence electrons. The van der Waals surface area contributed by atoms with Crippen LogP contribution < -0.4 is 19.7 Å². The van der Waals surface area contributed by atoms with Crippen molar-refractivity contribution in [2.24, 2.45) is 0 Å². The fourth-order valence-corrected chi connectivity index (χ4v) is 4.03. The largest absolute Gasteiger partial charge is 0.495 e. The summed E-state index contributed by atoms with van der Waals surface area (Å²) in [5, 5.41) is 2.31. The summed E-state index contributed by atoms with van der Waals surface area (Å²) in [6, 6.07) is 6.93. The fraction of sp³-hybridized carbons (Fsp3) is 0.333. The predicted octanol–water partition coefficient (Wildman–Crippen LogP) is 3.35. The van der Waals surface area contributed by atoms with Crippen molar-refractivity contribution >= 4 is 33.3 Å². The number of carbonyl (C=O) groups is 2. The van der Waals surface area contributed by atoms with Crippen molar-refractivity contribution in [3.05, 3.63) is 52.8 Å². The molecule has 34 heavy (non-hydrogen) atoms. The quantitative estimate of drug-likeness (QED) is 0.644. The summed E-state index contributed by atoms with van der Waals surface area (Å²) in [5.41, 5.74) is 1.63. The Morgan fingerprint density at radius 3 is 2.41 bits per heavy atom. The molecule has 1 aliphatic rings. The number of sulfonamides is 1. The number of benzene rings is 2. The Hall–Kier alpha value is -3.58. The zero-order valence-corrected chi connectivity index (χ0v) is 20.4. The number of ether oxygens (including phenoxy) is 1. The molecule has 0 spiro atoms. The number of hydrogen-bond donors (Lipinski definition) is 2. The first-order valence-electron chi connectivity index (χ1n) is 10.4. The summed E-state index contributed by atoms with van der Waals surface area (Å²) in [7, 11) is -2.10. The van der Waals surface area contributed by atoms with Crippen molar-refractivity contribution in [2.45, 2.75) is 32.6 Å². The van der Waals surface area contributed by atoms with E-state index in [1.54, 1.807) is 6.07 Å². The van der Waals surface area contributed by atoms with Gasteiger partial charge in [-0.3, -0.25) is 19.7 Å². The van der Waals surface area contributed by atoms with Crippen molar-refractivity contribution in [1.82, 2.24) is 5.32 Å². The Morgan fingerprint density at radius 1 is 1.15 bits per heavy atom. The molecule has 0 aliphatic carbocycles. The zero-order valence-electron chi connectivity index (χ0n) is 19.6. The molecular formula is C24H26FN3O5S. The van der Waals surface area contributed by atoms with E-state index in [0.29, 0.717) is 22.6 Å². The molecule has 0 bridgehead atoms. The van der Waals surface area contributed by atoms with Gasteiger partial charge in [0, 0.05) is 29.8 Å². The Labute approximate surface area is 198 Å². The van der Waals surface area contributed by atoms with E-state index in [1.165, 1.54) is 24.1 Å². The molecule has 10 heteroatoms. The summed E-state index contributed by atoms with van der Waals surface area (Å²) >= 11 is 0. The molecule has 0 radical (unpaired) electrons. The summed E-state index contributed by atoms with van der Waals surface area (Å²) < 4.78 is 44.8. The number of hydrogen-bond acceptors (Lipinski definition) is 5. The molecule has 0 saturated carbocycles. The number of carbonyl (C=O) groups excluding carboxylic acids is 2. The summed E-state index contributed by atoms with van der Waals surface area (Å²) in [6.07, 6.45) is 1.11. The Kier molecular flexibility index (Phi) is 6.89. The number of halogens is 1. The van der Waals surface area contributed by atoms with Crippen LogP contribution in [-0.2, 0) is 20.2 Å². The summed E-state index contributed by atoms with van der Waals surface area (Å²) in [6.45, 7) is 6.21. The number of nitrogens with one attached hydrogen (secondary N) is 2. The van der Waals surface area contributed by atoms with Crippen LogP contribution in [0.4, 0.5) is 20.6 Å². The lowest BCUT2D eigenvalue weighted by Gasteiger charge is -2.30. The maximum atomic E-state index is 14.4. The van der Waals surface area contributed by atoms with Crippen molar-refractivity contribution in [2.75, 3.05) is 29.5 Å². The first kappa shape index (κ1) is 25.1. The topological polar surface area (TPSA) is 105 Å². The van der Waals surface area contributed by atoms with Crippen LogP contribution in [0.25, 0.3) is 0 Å². The predicted molar refractivity (Wildman–Crippen MR) is 128 cm³/mol. The minimum atomic E-state index is -3.62. The highest BCUT2D eigenvalue weighted by Crippen LogP contribution is 2.38. The van der Waals surface area contributed by atoms with E-state index in [1.807, 2.05) is 26.8 Å². The first-order valence-corrected chi connectivity index (χ1v) is 12.3. The van der Waals surface area contributed by atoms with Gasteiger partial charge in [-0.15, -0.1) is 0 Å². The zero-order chi connectivity index (χ0) is 25.3. The van der Waals surface area contributed by atoms with Crippen LogP contribution in [0.5, 0.6) is 5.75 Å². The first-order chi connectivity index (χ1) is 15.8. The lowest BCUT2D eigenvalue weighted by molar-refractivity contribution is -0.120. The number of urea groups is 1. The van der Waals surface area contributed by atoms with Crippen molar-refractivity contribution in [3.63, 3.8) is 0 Å². The van der Waals surface area contributed by atoms with Gasteiger partial charge in [0.05, 0.1) is 24.6 Å². The molecule has 2 aromatic rings. The molecule has 1 aliphatic heterocycles. The standard InChI is InChI=1S/C24H26FN3O5S/c1-24(2,3)18-14-17(28-11-10-21(29)26-23(28)30)13-16(22(18)33-4)8-6-15-7-9-20(19(25)12-15)27-34(5,31)32/h7,9,12-14,27H,10-11H2,1-5H3,(H,26,29,30). The van der Waals surface area contributed by atoms with Gasteiger partial charge < -0.3 is 4.74 Å². The third kappa shape index (κ3) is 5.85. The number of imide groups is 1. The van der Waals surface area contributed by atoms with Crippen LogP contribution in [0.15, 0.2) is 30.3 Å². The second kappa shape index (κ2) is 9.35. The Balaban J connectivity index is 2.08. The molecule has 0 unspecified atom stereocenters. The van der Waals surface area contributed by atoms with Gasteiger partial charge in [-0.2, -0.15) is 0 Å². The smallest absolute Gasteiger partial charge is 0.328 e. The second-order valence-corrected chi connectivity index (χ2v) is 10.6. The van der Waals surface area contributed by atoms with Crippen LogP contribution in [0.1, 0.15) is 43.9 Å². The van der Waals surface area contributed by atoms with E-state index in [0.717, 1.165) is 17.9 Å². The Bertz CT molecular complexity index is 1320. The molecular weight excluding hydrogens is 461 g/mol. The van der Waals surface area contributed by atoms with Crippen LogP contribution in [0.2, 0.25) is 0 Å². The van der Waals surface area contributed by atoms with Crippen molar-refractivity contribution in [3.8, 4) is 17.6 Å². The van der Waals surface area contributed by atoms with Crippen LogP contribution in [-0.4, -0.2) is 40.3 Å². The third-order valence-corrected chi connectivity index (χ3v) is 5.65. The van der Waals surface area contributed by atoms with Gasteiger partial charge in [-0.05, 0) is 35.7 Å². The molecule has 0 atom stereocenters. The summed E-state index contributed by atoms with van der Waals surface area (Å²) in [5.74, 6) is 5.29. The highest BCUT2D eigenvalue weighted by molar-refractivity contribution is 7.92. The highest BCUT2D eigenvalue weighted by atomic mass is 32.2. The molecule has 2 aromatic carbocycles. The van der Waals surface area contributed by atoms with Gasteiger partial charge in [0.1, 0.15) is 11.6 Å².